The van der Waals surface area contributed by atoms with Crippen LogP contribution in [-0.4, -0.2) is 4.98 Å². The summed E-state index contributed by atoms with van der Waals surface area (Å²) in [6.45, 7) is 0. The Labute approximate surface area is 137 Å². The Hall–Kier alpha value is -2.93. The minimum Gasteiger partial charge on any atom is -0.256 e. The van der Waals surface area contributed by atoms with Gasteiger partial charge < -0.3 is 0 Å². The van der Waals surface area contributed by atoms with Crippen LogP contribution in [0.4, 0.5) is 0 Å². The van der Waals surface area contributed by atoms with Crippen molar-refractivity contribution in [3.8, 4) is 0 Å². The number of para-hydroxylation sites is 1. The van der Waals surface area contributed by atoms with Crippen LogP contribution in [0.15, 0.2) is 103 Å². The molecule has 4 aromatic rings. The van der Waals surface area contributed by atoms with Crippen LogP contribution in [0, 0.1) is 0 Å². The predicted octanol–water partition coefficient (Wildman–Crippen LogP) is 5.51. The number of hydrogen-bond acceptors (Lipinski definition) is 1. The Bertz CT molecular complexity index is 736. The summed E-state index contributed by atoms with van der Waals surface area (Å²) in [4.78, 5) is 4.18. The quantitative estimate of drug-likeness (QED) is 0.475. The maximum atomic E-state index is 4.18. The van der Waals surface area contributed by atoms with Crippen molar-refractivity contribution in [3.05, 3.63) is 114 Å². The number of rotatable bonds is 2. The Kier molecular flexibility index (Phi) is 5.15. The molecular weight excluding hydrogens is 278 g/mol. The highest BCUT2D eigenvalue weighted by Crippen LogP contribution is 2.08. The summed E-state index contributed by atoms with van der Waals surface area (Å²) in [5, 5.41) is 1.20. The van der Waals surface area contributed by atoms with E-state index in [4.69, 9.17) is 0 Å². The summed E-state index contributed by atoms with van der Waals surface area (Å²) >= 11 is 0. The second kappa shape index (κ2) is 7.90. The number of pyridine rings is 1. The Morgan fingerprint density at radius 3 is 1.65 bits per heavy atom. The minimum absolute atomic E-state index is 1.03. The molecule has 0 aliphatic rings. The zero-order valence-corrected chi connectivity index (χ0v) is 13.0. The largest absolute Gasteiger partial charge is 0.256 e. The first kappa shape index (κ1) is 15.0. The van der Waals surface area contributed by atoms with Crippen molar-refractivity contribution in [3.63, 3.8) is 0 Å². The van der Waals surface area contributed by atoms with Crippen LogP contribution in [-0.2, 0) is 6.42 Å². The molecule has 112 valence electrons. The van der Waals surface area contributed by atoms with Crippen LogP contribution in [0.1, 0.15) is 11.1 Å². The first-order chi connectivity index (χ1) is 11.4. The van der Waals surface area contributed by atoms with E-state index in [0.717, 1.165) is 11.9 Å². The van der Waals surface area contributed by atoms with Crippen molar-refractivity contribution in [2.75, 3.05) is 0 Å². The molecule has 0 saturated heterocycles. The van der Waals surface area contributed by atoms with Gasteiger partial charge in [-0.3, -0.25) is 4.98 Å². The van der Waals surface area contributed by atoms with Crippen molar-refractivity contribution in [2.24, 2.45) is 0 Å². The lowest BCUT2D eigenvalue weighted by Gasteiger charge is -2.00. The Balaban J connectivity index is 0.000000140. The average molecular weight is 297 g/mol. The molecule has 0 fully saturated rings. The molecule has 1 nitrogen and oxygen atoms in total. The number of aromatic nitrogens is 1. The number of nitrogens with zero attached hydrogens (tertiary/aromatic N) is 1. The molecule has 0 aliphatic carbocycles. The number of hydrogen-bond donors (Lipinski definition) is 0. The van der Waals surface area contributed by atoms with Gasteiger partial charge in [0.2, 0.25) is 0 Å². The van der Waals surface area contributed by atoms with E-state index in [9.17, 15) is 0 Å². The van der Waals surface area contributed by atoms with Crippen LogP contribution < -0.4 is 0 Å². The fourth-order valence-electron chi connectivity index (χ4n) is 2.44. The molecule has 1 aromatic heterocycles. The second-order valence-electron chi connectivity index (χ2n) is 5.34. The van der Waals surface area contributed by atoms with Gasteiger partial charge in [-0.15, -0.1) is 0 Å². The van der Waals surface area contributed by atoms with Crippen LogP contribution in [0.25, 0.3) is 10.9 Å². The summed E-state index contributed by atoms with van der Waals surface area (Å²) in [5.74, 6) is 0. The van der Waals surface area contributed by atoms with Crippen LogP contribution in [0.3, 0.4) is 0 Å². The molecule has 1 heteroatoms. The normalized spacial score (nSPS) is 9.91. The molecule has 0 atom stereocenters. The molecule has 1 heterocycles. The zero-order valence-electron chi connectivity index (χ0n) is 13.0. The summed E-state index contributed by atoms with van der Waals surface area (Å²) in [5.41, 5.74) is 3.80. The lowest BCUT2D eigenvalue weighted by Crippen LogP contribution is -1.85. The highest BCUT2D eigenvalue weighted by atomic mass is 14.6. The van der Waals surface area contributed by atoms with Gasteiger partial charge in [0.15, 0.2) is 0 Å². The van der Waals surface area contributed by atoms with Crippen molar-refractivity contribution in [2.45, 2.75) is 6.42 Å². The monoisotopic (exact) mass is 297 g/mol. The van der Waals surface area contributed by atoms with Gasteiger partial charge in [0.25, 0.3) is 0 Å². The summed E-state index contributed by atoms with van der Waals surface area (Å²) < 4.78 is 0. The van der Waals surface area contributed by atoms with Crippen molar-refractivity contribution >= 4 is 10.9 Å². The molecule has 23 heavy (non-hydrogen) atoms. The molecule has 3 aromatic carbocycles. The van der Waals surface area contributed by atoms with E-state index in [1.54, 1.807) is 0 Å². The first-order valence-corrected chi connectivity index (χ1v) is 7.79. The lowest BCUT2D eigenvalue weighted by atomic mass is 10.1. The SMILES string of the molecule is c1ccc(Cc2ccccc2)cc1.c1ccc2ncccc2c1. The van der Waals surface area contributed by atoms with Crippen molar-refractivity contribution < 1.29 is 0 Å². The second-order valence-corrected chi connectivity index (χ2v) is 5.34. The van der Waals surface area contributed by atoms with Crippen LogP contribution in [0.5, 0.6) is 0 Å². The van der Waals surface area contributed by atoms with Crippen LogP contribution in [0.2, 0.25) is 0 Å². The summed E-state index contributed by atoms with van der Waals surface area (Å²) in [6, 6.07) is 33.2. The van der Waals surface area contributed by atoms with E-state index >= 15 is 0 Å². The van der Waals surface area contributed by atoms with E-state index in [1.807, 2.05) is 30.5 Å². The highest BCUT2D eigenvalue weighted by molar-refractivity contribution is 5.77. The Morgan fingerprint density at radius 1 is 0.522 bits per heavy atom. The third kappa shape index (κ3) is 4.52. The molecule has 0 radical (unpaired) electrons. The average Bonchev–Trinajstić information content (AvgIpc) is 2.64. The minimum atomic E-state index is 1.03. The molecule has 4 rings (SSSR count). The van der Waals surface area contributed by atoms with Gasteiger partial charge in [-0.05, 0) is 29.7 Å². The molecular formula is C22H19N. The van der Waals surface area contributed by atoms with Gasteiger partial charge in [0.05, 0.1) is 5.52 Å². The summed E-state index contributed by atoms with van der Waals surface area (Å²) in [6.07, 6.45) is 2.84. The van der Waals surface area contributed by atoms with E-state index in [1.165, 1.54) is 16.5 Å². The smallest absolute Gasteiger partial charge is 0.0701 e. The van der Waals surface area contributed by atoms with Gasteiger partial charge in [-0.1, -0.05) is 84.9 Å². The molecule has 0 saturated carbocycles. The number of fused-ring (bicyclic) bond motifs is 1. The van der Waals surface area contributed by atoms with E-state index < -0.39 is 0 Å². The topological polar surface area (TPSA) is 12.9 Å². The van der Waals surface area contributed by atoms with Gasteiger partial charge >= 0.3 is 0 Å². The highest BCUT2D eigenvalue weighted by Gasteiger charge is 1.92. The van der Waals surface area contributed by atoms with E-state index in [2.05, 4.69) is 77.8 Å². The van der Waals surface area contributed by atoms with E-state index in [0.29, 0.717) is 0 Å². The fraction of sp³-hybridized carbons (Fsp3) is 0.0455. The standard InChI is InChI=1S/C13H12.C9H7N/c1-3-7-12(8-4-1)11-13-9-5-2-6-10-13;1-2-6-9-8(4-1)5-3-7-10-9/h1-10H,11H2;1-7H. The molecule has 0 N–H and O–H groups in total. The fourth-order valence-corrected chi connectivity index (χ4v) is 2.44. The maximum Gasteiger partial charge on any atom is 0.0701 e. The zero-order chi connectivity index (χ0) is 15.7. The van der Waals surface area contributed by atoms with Crippen LogP contribution >= 0.6 is 0 Å². The predicted molar refractivity (Wildman–Crippen MR) is 97.4 cm³/mol. The molecule has 0 bridgehead atoms. The molecule has 0 amide bonds. The van der Waals surface area contributed by atoms with Crippen molar-refractivity contribution in [1.82, 2.24) is 4.98 Å². The molecule has 0 unspecified atom stereocenters. The third-order valence-electron chi connectivity index (χ3n) is 3.61. The maximum absolute atomic E-state index is 4.18. The molecule has 0 spiro atoms. The van der Waals surface area contributed by atoms with Gasteiger partial charge in [0, 0.05) is 11.6 Å². The molecule has 0 aliphatic heterocycles. The number of benzene rings is 3. The Morgan fingerprint density at radius 2 is 1.04 bits per heavy atom. The third-order valence-corrected chi connectivity index (χ3v) is 3.61. The summed E-state index contributed by atoms with van der Waals surface area (Å²) in [7, 11) is 0. The lowest BCUT2D eigenvalue weighted by molar-refractivity contribution is 1.19. The van der Waals surface area contributed by atoms with Gasteiger partial charge in [0.1, 0.15) is 0 Å². The van der Waals surface area contributed by atoms with Gasteiger partial charge in [-0.2, -0.15) is 0 Å². The first-order valence-electron chi connectivity index (χ1n) is 7.79. The van der Waals surface area contributed by atoms with E-state index in [-0.39, 0.29) is 0 Å². The van der Waals surface area contributed by atoms with Crippen molar-refractivity contribution in [1.29, 1.82) is 0 Å². The van der Waals surface area contributed by atoms with Gasteiger partial charge in [-0.25, -0.2) is 0 Å².